The predicted octanol–water partition coefficient (Wildman–Crippen LogP) is 4.25. The van der Waals surface area contributed by atoms with Gasteiger partial charge in [-0.25, -0.2) is 13.6 Å². The summed E-state index contributed by atoms with van der Waals surface area (Å²) in [5, 5.41) is 3.01. The van der Waals surface area contributed by atoms with Crippen LogP contribution in [0.25, 0.3) is 0 Å². The molecule has 3 rings (SSSR count). The lowest BCUT2D eigenvalue weighted by Gasteiger charge is -2.42. The third-order valence-corrected chi connectivity index (χ3v) is 5.94. The van der Waals surface area contributed by atoms with E-state index in [4.69, 9.17) is 9.47 Å². The van der Waals surface area contributed by atoms with Gasteiger partial charge in [-0.1, -0.05) is 12.1 Å². The number of nitrogens with one attached hydrogen (secondary N) is 1. The molecule has 1 saturated heterocycles. The van der Waals surface area contributed by atoms with Gasteiger partial charge in [0.2, 0.25) is 0 Å². The number of hydrogen-bond acceptors (Lipinski definition) is 5. The van der Waals surface area contributed by atoms with Crippen LogP contribution in [-0.2, 0) is 9.53 Å². The van der Waals surface area contributed by atoms with E-state index in [-0.39, 0.29) is 13.2 Å². The Morgan fingerprint density at radius 2 is 1.82 bits per heavy atom. The molecule has 8 heteroatoms. The van der Waals surface area contributed by atoms with Crippen LogP contribution in [0.3, 0.4) is 0 Å². The third kappa shape index (κ3) is 6.07. The molecule has 0 saturated carbocycles. The van der Waals surface area contributed by atoms with Gasteiger partial charge in [-0.05, 0) is 82.6 Å². The van der Waals surface area contributed by atoms with Crippen LogP contribution < -0.4 is 10.1 Å². The fourth-order valence-corrected chi connectivity index (χ4v) is 4.12. The monoisotopic (exact) mass is 460 g/mol. The second-order valence-corrected chi connectivity index (χ2v) is 8.55. The van der Waals surface area contributed by atoms with Crippen molar-refractivity contribution in [3.05, 3.63) is 65.2 Å². The highest BCUT2D eigenvalue weighted by Gasteiger charge is 2.39. The van der Waals surface area contributed by atoms with Crippen molar-refractivity contribution in [2.75, 3.05) is 26.3 Å². The van der Waals surface area contributed by atoms with E-state index in [1.165, 1.54) is 12.1 Å². The van der Waals surface area contributed by atoms with Crippen molar-refractivity contribution in [1.29, 1.82) is 0 Å². The Labute approximate surface area is 192 Å². The van der Waals surface area contributed by atoms with Crippen LogP contribution in [0.5, 0.6) is 5.75 Å². The number of ether oxygens (including phenoxy) is 2. The van der Waals surface area contributed by atoms with Gasteiger partial charge in [0.25, 0.3) is 5.91 Å². The summed E-state index contributed by atoms with van der Waals surface area (Å²) in [4.78, 5) is 27.0. The van der Waals surface area contributed by atoms with E-state index in [0.29, 0.717) is 16.9 Å². The molecular weight excluding hydrogens is 430 g/mol. The quantitative estimate of drug-likeness (QED) is 0.567. The van der Waals surface area contributed by atoms with Gasteiger partial charge in [0.05, 0.1) is 12.6 Å². The number of carbonyl (C=O) groups excluding carboxylic acids is 2. The summed E-state index contributed by atoms with van der Waals surface area (Å²) in [7, 11) is 0. The Morgan fingerprint density at radius 1 is 1.09 bits per heavy atom. The highest BCUT2D eigenvalue weighted by molar-refractivity contribution is 5.95. The first-order chi connectivity index (χ1) is 15.7. The second-order valence-electron chi connectivity index (χ2n) is 8.55. The summed E-state index contributed by atoms with van der Waals surface area (Å²) in [6.07, 6.45) is 2.09. The maximum absolute atomic E-state index is 14.1. The van der Waals surface area contributed by atoms with Crippen LogP contribution in [0.2, 0.25) is 0 Å². The molecule has 1 aliphatic heterocycles. The number of carbonyl (C=O) groups is 2. The first kappa shape index (κ1) is 24.6. The smallest absolute Gasteiger partial charge is 0.344 e. The zero-order valence-corrected chi connectivity index (χ0v) is 19.2. The number of esters is 1. The second kappa shape index (κ2) is 10.7. The summed E-state index contributed by atoms with van der Waals surface area (Å²) < 4.78 is 37.9. The molecule has 1 fully saturated rings. The first-order valence-electron chi connectivity index (χ1n) is 11.1. The van der Waals surface area contributed by atoms with Crippen molar-refractivity contribution in [3.63, 3.8) is 0 Å². The Bertz CT molecular complexity index is 990. The third-order valence-electron chi connectivity index (χ3n) is 5.94. The molecule has 6 nitrogen and oxygen atoms in total. The van der Waals surface area contributed by atoms with Crippen LogP contribution in [0.15, 0.2) is 42.5 Å². The van der Waals surface area contributed by atoms with Crippen LogP contribution in [0.1, 0.15) is 55.6 Å². The fraction of sp³-hybridized carbons (Fsp3) is 0.440. The van der Waals surface area contributed by atoms with E-state index in [0.717, 1.165) is 38.1 Å². The van der Waals surface area contributed by atoms with Crippen LogP contribution in [-0.4, -0.2) is 48.6 Å². The van der Waals surface area contributed by atoms with E-state index in [9.17, 15) is 18.4 Å². The highest BCUT2D eigenvalue weighted by Crippen LogP contribution is 2.34. The summed E-state index contributed by atoms with van der Waals surface area (Å²) in [5.74, 6) is -2.44. The van der Waals surface area contributed by atoms with Gasteiger partial charge in [0.15, 0.2) is 18.2 Å². The minimum Gasteiger partial charge on any atom is -0.482 e. The normalized spacial score (nSPS) is 15.2. The molecule has 1 heterocycles. The number of hydrogen-bond donors (Lipinski definition) is 1. The zero-order chi connectivity index (χ0) is 24.0. The van der Waals surface area contributed by atoms with Crippen LogP contribution in [0.4, 0.5) is 8.78 Å². The molecule has 0 spiro atoms. The Kier molecular flexibility index (Phi) is 8.02. The van der Waals surface area contributed by atoms with E-state index >= 15 is 0 Å². The molecule has 178 valence electrons. The molecule has 33 heavy (non-hydrogen) atoms. The lowest BCUT2D eigenvalue weighted by atomic mass is 9.86. The van der Waals surface area contributed by atoms with E-state index in [2.05, 4.69) is 10.2 Å². The van der Waals surface area contributed by atoms with Crippen molar-refractivity contribution in [2.45, 2.75) is 45.2 Å². The molecule has 2 aromatic carbocycles. The van der Waals surface area contributed by atoms with Gasteiger partial charge in [-0.3, -0.25) is 9.69 Å². The maximum Gasteiger partial charge on any atom is 0.344 e. The number of amides is 1. The van der Waals surface area contributed by atoms with Crippen LogP contribution >= 0.6 is 0 Å². The lowest BCUT2D eigenvalue weighted by Crippen LogP contribution is -2.52. The molecule has 0 aliphatic carbocycles. The van der Waals surface area contributed by atoms with Crippen molar-refractivity contribution in [2.24, 2.45) is 0 Å². The van der Waals surface area contributed by atoms with Crippen molar-refractivity contribution < 1.29 is 27.8 Å². The summed E-state index contributed by atoms with van der Waals surface area (Å²) in [5.41, 5.74) is 0.254. The molecule has 1 N–H and O–H groups in total. The Morgan fingerprint density at radius 3 is 2.48 bits per heavy atom. The molecule has 0 radical (unpaired) electrons. The largest absolute Gasteiger partial charge is 0.482 e. The van der Waals surface area contributed by atoms with Crippen LogP contribution in [0, 0.1) is 11.6 Å². The molecule has 0 bridgehead atoms. The molecule has 1 unspecified atom stereocenters. The minimum atomic E-state index is -0.960. The van der Waals surface area contributed by atoms with Gasteiger partial charge in [-0.15, -0.1) is 0 Å². The Hall–Kier alpha value is -3.00. The first-order valence-corrected chi connectivity index (χ1v) is 11.1. The standard InChI is InChI=1S/C25H30F2N2O4/c1-4-32-22(30)16-33-19-9-7-8-18(14-19)24(31)28-23(17-10-11-20(26)21(27)15-17)25(2,3)29-12-5-6-13-29/h7-11,14-15,23H,4-6,12-13,16H2,1-3H3,(H,28,31). The highest BCUT2D eigenvalue weighted by atomic mass is 19.2. The summed E-state index contributed by atoms with van der Waals surface area (Å²) in [6.45, 7) is 7.39. The summed E-state index contributed by atoms with van der Waals surface area (Å²) in [6, 6.07) is 9.55. The van der Waals surface area contributed by atoms with E-state index in [1.807, 2.05) is 13.8 Å². The maximum atomic E-state index is 14.1. The SMILES string of the molecule is CCOC(=O)COc1cccc(C(=O)NC(c2ccc(F)c(F)c2)C(C)(C)N2CCCC2)c1. The molecule has 1 atom stereocenters. The average molecular weight is 461 g/mol. The lowest BCUT2D eigenvalue weighted by molar-refractivity contribution is -0.145. The van der Waals surface area contributed by atoms with Crippen molar-refractivity contribution >= 4 is 11.9 Å². The van der Waals surface area contributed by atoms with Gasteiger partial charge < -0.3 is 14.8 Å². The number of rotatable bonds is 9. The molecule has 1 aliphatic rings. The molecular formula is C25H30F2N2O4. The zero-order valence-electron chi connectivity index (χ0n) is 19.2. The van der Waals surface area contributed by atoms with Crippen molar-refractivity contribution in [1.82, 2.24) is 10.2 Å². The number of benzene rings is 2. The average Bonchev–Trinajstić information content (AvgIpc) is 3.34. The van der Waals surface area contributed by atoms with Gasteiger partial charge in [-0.2, -0.15) is 0 Å². The summed E-state index contributed by atoms with van der Waals surface area (Å²) >= 11 is 0. The number of halogens is 2. The molecule has 2 aromatic rings. The fourth-order valence-electron chi connectivity index (χ4n) is 4.12. The number of nitrogens with zero attached hydrogens (tertiary/aromatic N) is 1. The Balaban J connectivity index is 1.83. The predicted molar refractivity (Wildman–Crippen MR) is 120 cm³/mol. The van der Waals surface area contributed by atoms with E-state index < -0.39 is 35.1 Å². The van der Waals surface area contributed by atoms with Gasteiger partial charge in [0, 0.05) is 11.1 Å². The van der Waals surface area contributed by atoms with Gasteiger partial charge >= 0.3 is 5.97 Å². The van der Waals surface area contributed by atoms with E-state index in [1.54, 1.807) is 25.1 Å². The number of likely N-dealkylation sites (tertiary alicyclic amines) is 1. The molecule has 1 amide bonds. The van der Waals surface area contributed by atoms with Gasteiger partial charge in [0.1, 0.15) is 5.75 Å². The minimum absolute atomic E-state index is 0.253. The molecule has 0 aromatic heterocycles. The topological polar surface area (TPSA) is 67.9 Å². The van der Waals surface area contributed by atoms with Crippen molar-refractivity contribution in [3.8, 4) is 5.75 Å².